The molecular formula is C25H25N3O. The molecule has 3 aromatic carbocycles. The zero-order chi connectivity index (χ0) is 19.9. The van der Waals surface area contributed by atoms with Crippen LogP contribution in [0.1, 0.15) is 23.6 Å². The van der Waals surface area contributed by atoms with Gasteiger partial charge in [-0.2, -0.15) is 5.10 Å². The van der Waals surface area contributed by atoms with E-state index < -0.39 is 0 Å². The normalized spacial score (nSPS) is 14.5. The number of nitrogens with zero attached hydrogens (tertiary/aromatic N) is 3. The molecule has 0 radical (unpaired) electrons. The molecule has 1 aliphatic rings. The molecule has 0 atom stereocenters. The predicted molar refractivity (Wildman–Crippen MR) is 120 cm³/mol. The van der Waals surface area contributed by atoms with Crippen molar-refractivity contribution in [2.75, 3.05) is 31.2 Å². The summed E-state index contributed by atoms with van der Waals surface area (Å²) in [4.78, 5) is 2.35. The molecule has 1 aliphatic heterocycles. The second kappa shape index (κ2) is 9.30. The van der Waals surface area contributed by atoms with Crippen LogP contribution >= 0.6 is 0 Å². The number of benzene rings is 3. The van der Waals surface area contributed by atoms with Crippen molar-refractivity contribution in [1.82, 2.24) is 0 Å². The van der Waals surface area contributed by atoms with Crippen molar-refractivity contribution in [2.45, 2.75) is 6.92 Å². The van der Waals surface area contributed by atoms with Gasteiger partial charge in [0.15, 0.2) is 0 Å². The maximum absolute atomic E-state index is 5.43. The van der Waals surface area contributed by atoms with Crippen LogP contribution < -0.4 is 4.90 Å². The minimum absolute atomic E-state index is 0.790. The van der Waals surface area contributed by atoms with Gasteiger partial charge >= 0.3 is 0 Å². The van der Waals surface area contributed by atoms with Gasteiger partial charge in [-0.25, -0.2) is 0 Å². The first-order valence-corrected chi connectivity index (χ1v) is 9.97. The maximum atomic E-state index is 5.43. The summed E-state index contributed by atoms with van der Waals surface area (Å²) in [7, 11) is 0. The quantitative estimate of drug-likeness (QED) is 0.469. The Morgan fingerprint density at radius 2 is 1.24 bits per heavy atom. The Kier molecular flexibility index (Phi) is 6.13. The molecule has 0 N–H and O–H groups in total. The van der Waals surface area contributed by atoms with Gasteiger partial charge in [0.05, 0.1) is 18.9 Å². The van der Waals surface area contributed by atoms with Gasteiger partial charge < -0.3 is 9.64 Å². The first-order valence-electron chi connectivity index (χ1n) is 9.97. The lowest BCUT2D eigenvalue weighted by atomic mass is 10.0. The van der Waals surface area contributed by atoms with Crippen LogP contribution in [0.2, 0.25) is 0 Å². The molecule has 0 saturated carbocycles. The number of anilines is 1. The molecule has 1 saturated heterocycles. The van der Waals surface area contributed by atoms with Crippen LogP contribution in [0.3, 0.4) is 0 Å². The number of ether oxygens (including phenoxy) is 1. The predicted octanol–water partition coefficient (Wildman–Crippen LogP) is 4.78. The molecule has 29 heavy (non-hydrogen) atoms. The molecule has 0 unspecified atom stereocenters. The van der Waals surface area contributed by atoms with E-state index in [0.717, 1.165) is 54.4 Å². The molecule has 0 spiro atoms. The van der Waals surface area contributed by atoms with Gasteiger partial charge in [-0.1, -0.05) is 72.8 Å². The summed E-state index contributed by atoms with van der Waals surface area (Å²) in [5.41, 5.74) is 6.17. The second-order valence-electron chi connectivity index (χ2n) is 7.01. The Morgan fingerprint density at radius 1 is 0.690 bits per heavy atom. The molecule has 1 fully saturated rings. The molecule has 0 aliphatic carbocycles. The Morgan fingerprint density at radius 3 is 1.79 bits per heavy atom. The van der Waals surface area contributed by atoms with E-state index in [9.17, 15) is 0 Å². The van der Waals surface area contributed by atoms with Crippen LogP contribution in [-0.2, 0) is 4.74 Å². The molecule has 4 heteroatoms. The van der Waals surface area contributed by atoms with E-state index in [1.165, 1.54) is 5.69 Å². The molecule has 4 nitrogen and oxygen atoms in total. The monoisotopic (exact) mass is 383 g/mol. The first kappa shape index (κ1) is 19.1. The van der Waals surface area contributed by atoms with Gasteiger partial charge in [-0.15, -0.1) is 5.10 Å². The lowest BCUT2D eigenvalue weighted by molar-refractivity contribution is 0.122. The highest BCUT2D eigenvalue weighted by Gasteiger charge is 2.11. The Balaban J connectivity index is 1.60. The van der Waals surface area contributed by atoms with E-state index in [2.05, 4.69) is 63.6 Å². The molecule has 0 amide bonds. The molecule has 4 rings (SSSR count). The van der Waals surface area contributed by atoms with Crippen LogP contribution in [0, 0.1) is 0 Å². The standard InChI is InChI=1S/C25H25N3O/c1-20(21-12-14-24(15-13-21)28-16-18-29-19-17-28)26-27-25(22-8-4-2-5-9-22)23-10-6-3-7-11-23/h2-15H,16-19H2,1H3/b26-20-. The van der Waals surface area contributed by atoms with Gasteiger partial charge in [-0.3, -0.25) is 0 Å². The molecule has 3 aromatic rings. The third kappa shape index (κ3) is 4.79. The fraction of sp³-hybridized carbons (Fsp3) is 0.200. The summed E-state index contributed by atoms with van der Waals surface area (Å²) in [6, 6.07) is 28.9. The van der Waals surface area contributed by atoms with Crippen molar-refractivity contribution in [1.29, 1.82) is 0 Å². The van der Waals surface area contributed by atoms with Crippen molar-refractivity contribution in [3.05, 3.63) is 102 Å². The van der Waals surface area contributed by atoms with E-state index in [-0.39, 0.29) is 0 Å². The molecule has 0 bridgehead atoms. The third-order valence-corrected chi connectivity index (χ3v) is 5.06. The zero-order valence-electron chi connectivity index (χ0n) is 16.7. The molecule has 146 valence electrons. The highest BCUT2D eigenvalue weighted by Crippen LogP contribution is 2.17. The Labute approximate surface area is 172 Å². The maximum Gasteiger partial charge on any atom is 0.100 e. The van der Waals surface area contributed by atoms with Gasteiger partial charge in [0, 0.05) is 29.9 Å². The van der Waals surface area contributed by atoms with Crippen molar-refractivity contribution < 1.29 is 4.74 Å². The molecule has 1 heterocycles. The van der Waals surface area contributed by atoms with Crippen molar-refractivity contribution in [3.8, 4) is 0 Å². The number of morpholine rings is 1. The topological polar surface area (TPSA) is 37.2 Å². The SMILES string of the molecule is C/C(=N/N=C(c1ccccc1)c1ccccc1)c1ccc(N2CCOCC2)cc1. The molecular weight excluding hydrogens is 358 g/mol. The van der Waals surface area contributed by atoms with Crippen molar-refractivity contribution in [2.24, 2.45) is 10.2 Å². The fourth-order valence-electron chi connectivity index (χ4n) is 3.39. The minimum atomic E-state index is 0.790. The van der Waals surface area contributed by atoms with Crippen LogP contribution in [0.25, 0.3) is 0 Å². The fourth-order valence-corrected chi connectivity index (χ4v) is 3.39. The average molecular weight is 383 g/mol. The smallest absolute Gasteiger partial charge is 0.100 e. The van der Waals surface area contributed by atoms with Gasteiger partial charge in [0.25, 0.3) is 0 Å². The molecule has 0 aromatic heterocycles. The van der Waals surface area contributed by atoms with Crippen LogP contribution in [-0.4, -0.2) is 37.7 Å². The zero-order valence-corrected chi connectivity index (χ0v) is 16.7. The van der Waals surface area contributed by atoms with E-state index in [4.69, 9.17) is 4.74 Å². The third-order valence-electron chi connectivity index (χ3n) is 5.06. The minimum Gasteiger partial charge on any atom is -0.378 e. The lowest BCUT2D eigenvalue weighted by Gasteiger charge is -2.28. The Bertz CT molecular complexity index is 932. The first-order chi connectivity index (χ1) is 14.3. The van der Waals surface area contributed by atoms with Crippen LogP contribution in [0.4, 0.5) is 5.69 Å². The summed E-state index contributed by atoms with van der Waals surface area (Å²) in [5, 5.41) is 9.19. The van der Waals surface area contributed by atoms with Gasteiger partial charge in [0.1, 0.15) is 5.71 Å². The van der Waals surface area contributed by atoms with Gasteiger partial charge in [-0.05, 0) is 24.6 Å². The highest BCUT2D eigenvalue weighted by molar-refractivity contribution is 6.13. The summed E-state index contributed by atoms with van der Waals surface area (Å²) >= 11 is 0. The van der Waals surface area contributed by atoms with Crippen molar-refractivity contribution >= 4 is 17.1 Å². The summed E-state index contributed by atoms with van der Waals surface area (Å²) in [6.45, 7) is 5.46. The largest absolute Gasteiger partial charge is 0.378 e. The summed E-state index contributed by atoms with van der Waals surface area (Å²) in [6.07, 6.45) is 0. The van der Waals surface area contributed by atoms with Crippen molar-refractivity contribution in [3.63, 3.8) is 0 Å². The summed E-state index contributed by atoms with van der Waals surface area (Å²) in [5.74, 6) is 0. The van der Waals surface area contributed by atoms with E-state index in [0.29, 0.717) is 0 Å². The van der Waals surface area contributed by atoms with E-state index in [1.54, 1.807) is 0 Å². The van der Waals surface area contributed by atoms with Crippen LogP contribution in [0.15, 0.2) is 95.1 Å². The average Bonchev–Trinajstić information content (AvgIpc) is 2.81. The van der Waals surface area contributed by atoms with E-state index >= 15 is 0 Å². The number of hydrogen-bond donors (Lipinski definition) is 0. The second-order valence-corrected chi connectivity index (χ2v) is 7.01. The van der Waals surface area contributed by atoms with Gasteiger partial charge in [0.2, 0.25) is 0 Å². The number of rotatable bonds is 5. The summed E-state index contributed by atoms with van der Waals surface area (Å²) < 4.78 is 5.43. The Hall–Kier alpha value is -3.24. The van der Waals surface area contributed by atoms with Crippen LogP contribution in [0.5, 0.6) is 0 Å². The van der Waals surface area contributed by atoms with E-state index in [1.807, 2.05) is 43.3 Å². The highest BCUT2D eigenvalue weighted by atomic mass is 16.5. The lowest BCUT2D eigenvalue weighted by Crippen LogP contribution is -2.36. The number of hydrogen-bond acceptors (Lipinski definition) is 4.